The fraction of sp³-hybridized carbons (Fsp3) is 0.286. The van der Waals surface area contributed by atoms with Crippen LogP contribution in [0.25, 0.3) is 10.9 Å². The molecule has 5 heteroatoms. The van der Waals surface area contributed by atoms with Gasteiger partial charge in [-0.2, -0.15) is 0 Å². The summed E-state index contributed by atoms with van der Waals surface area (Å²) in [6.07, 6.45) is 2.59. The van der Waals surface area contributed by atoms with Gasteiger partial charge in [0.2, 0.25) is 0 Å². The highest BCUT2D eigenvalue weighted by Gasteiger charge is 2.18. The summed E-state index contributed by atoms with van der Waals surface area (Å²) in [5, 5.41) is 12.4. The summed E-state index contributed by atoms with van der Waals surface area (Å²) in [6, 6.07) is 7.20. The highest BCUT2D eigenvalue weighted by molar-refractivity contribution is 5.93. The average molecular weight is 260 g/mol. The number of ether oxygens (including phenoxy) is 1. The third-order valence-electron chi connectivity index (χ3n) is 2.51. The lowest BCUT2D eigenvalue weighted by atomic mass is 10.2. The van der Waals surface area contributed by atoms with Crippen molar-refractivity contribution in [3.63, 3.8) is 0 Å². The Morgan fingerprint density at radius 3 is 2.74 bits per heavy atom. The number of hydrogen-bond donors (Lipinski definition) is 1. The van der Waals surface area contributed by atoms with Crippen LogP contribution in [0.15, 0.2) is 35.6 Å². The van der Waals surface area contributed by atoms with Gasteiger partial charge in [-0.3, -0.25) is 4.57 Å². The molecule has 2 aromatic rings. The van der Waals surface area contributed by atoms with Gasteiger partial charge in [0, 0.05) is 11.6 Å². The van der Waals surface area contributed by atoms with Crippen molar-refractivity contribution < 1.29 is 14.7 Å². The van der Waals surface area contributed by atoms with Gasteiger partial charge in [0.25, 0.3) is 0 Å². The highest BCUT2D eigenvalue weighted by atomic mass is 16.6. The van der Waals surface area contributed by atoms with Crippen LogP contribution in [-0.2, 0) is 4.74 Å². The second-order valence-corrected chi connectivity index (χ2v) is 5.23. The predicted molar refractivity (Wildman–Crippen MR) is 73.0 cm³/mol. The van der Waals surface area contributed by atoms with Crippen molar-refractivity contribution in [1.29, 1.82) is 0 Å². The third kappa shape index (κ3) is 2.93. The smallest absolute Gasteiger partial charge is 0.418 e. The van der Waals surface area contributed by atoms with E-state index in [2.05, 4.69) is 5.16 Å². The number of benzene rings is 1. The van der Waals surface area contributed by atoms with Gasteiger partial charge in [-0.25, -0.2) is 4.79 Å². The highest BCUT2D eigenvalue weighted by Crippen LogP contribution is 2.19. The molecule has 0 aliphatic rings. The molecule has 100 valence electrons. The first-order valence-electron chi connectivity index (χ1n) is 5.92. The fourth-order valence-electron chi connectivity index (χ4n) is 1.78. The van der Waals surface area contributed by atoms with Crippen LogP contribution >= 0.6 is 0 Å². The molecule has 0 aliphatic carbocycles. The number of oxime groups is 1. The summed E-state index contributed by atoms with van der Waals surface area (Å²) in [5.74, 6) is 0. The monoisotopic (exact) mass is 260 g/mol. The zero-order valence-electron chi connectivity index (χ0n) is 11.1. The number of nitrogens with zero attached hydrogens (tertiary/aromatic N) is 2. The molecule has 0 spiro atoms. The lowest BCUT2D eigenvalue weighted by molar-refractivity contribution is 0.0544. The van der Waals surface area contributed by atoms with Gasteiger partial charge >= 0.3 is 6.09 Å². The zero-order valence-corrected chi connectivity index (χ0v) is 11.1. The Hall–Kier alpha value is -2.30. The second kappa shape index (κ2) is 4.76. The van der Waals surface area contributed by atoms with Crippen molar-refractivity contribution in [3.8, 4) is 0 Å². The Balaban J connectivity index is 2.38. The van der Waals surface area contributed by atoms with E-state index < -0.39 is 11.7 Å². The molecule has 0 saturated heterocycles. The van der Waals surface area contributed by atoms with Gasteiger partial charge in [-0.05, 0) is 44.5 Å². The van der Waals surface area contributed by atoms with Crippen molar-refractivity contribution in [3.05, 3.63) is 36.0 Å². The van der Waals surface area contributed by atoms with E-state index in [4.69, 9.17) is 9.94 Å². The summed E-state index contributed by atoms with van der Waals surface area (Å²) in [6.45, 7) is 5.48. The van der Waals surface area contributed by atoms with Gasteiger partial charge in [-0.1, -0.05) is 11.2 Å². The summed E-state index contributed by atoms with van der Waals surface area (Å²) in [4.78, 5) is 12.0. The molecule has 1 aromatic carbocycles. The van der Waals surface area contributed by atoms with Crippen LogP contribution < -0.4 is 0 Å². The topological polar surface area (TPSA) is 63.8 Å². The van der Waals surface area contributed by atoms with E-state index in [-0.39, 0.29) is 0 Å². The van der Waals surface area contributed by atoms with Crippen molar-refractivity contribution in [2.75, 3.05) is 0 Å². The van der Waals surface area contributed by atoms with Crippen LogP contribution in [0.1, 0.15) is 26.3 Å². The van der Waals surface area contributed by atoms with E-state index in [0.29, 0.717) is 0 Å². The SMILES string of the molecule is CC(C)(C)OC(=O)n1ccc2cc(/C=N/O)ccc21. The normalized spacial score (nSPS) is 12.2. The van der Waals surface area contributed by atoms with Crippen molar-refractivity contribution in [1.82, 2.24) is 4.57 Å². The molecular formula is C14H16N2O3. The number of rotatable bonds is 1. The van der Waals surface area contributed by atoms with Crippen LogP contribution in [0.5, 0.6) is 0 Å². The standard InChI is InChI=1S/C14H16N2O3/c1-14(2,3)19-13(17)16-7-6-11-8-10(9-15-18)4-5-12(11)16/h4-9,18H,1-3H3/b15-9+. The molecule has 2 rings (SSSR count). The Kier molecular flexibility index (Phi) is 3.29. The molecule has 19 heavy (non-hydrogen) atoms. The van der Waals surface area contributed by atoms with Gasteiger partial charge < -0.3 is 9.94 Å². The number of carbonyl (C=O) groups excluding carboxylic acids is 1. The van der Waals surface area contributed by atoms with E-state index in [1.165, 1.54) is 10.8 Å². The molecule has 1 aromatic heterocycles. The molecule has 1 heterocycles. The summed E-state index contributed by atoms with van der Waals surface area (Å²) in [7, 11) is 0. The predicted octanol–water partition coefficient (Wildman–Crippen LogP) is 3.23. The van der Waals surface area contributed by atoms with Crippen LogP contribution in [0.3, 0.4) is 0 Å². The van der Waals surface area contributed by atoms with Gasteiger partial charge in [0.05, 0.1) is 11.7 Å². The van der Waals surface area contributed by atoms with Crippen LogP contribution in [0.2, 0.25) is 0 Å². The van der Waals surface area contributed by atoms with Crippen LogP contribution in [-0.4, -0.2) is 27.7 Å². The average Bonchev–Trinajstić information content (AvgIpc) is 2.70. The number of aromatic nitrogens is 1. The largest absolute Gasteiger partial charge is 0.443 e. The first-order chi connectivity index (χ1) is 8.90. The quantitative estimate of drug-likeness (QED) is 0.486. The fourth-order valence-corrected chi connectivity index (χ4v) is 1.78. The minimum Gasteiger partial charge on any atom is -0.443 e. The van der Waals surface area contributed by atoms with E-state index in [1.807, 2.05) is 32.9 Å². The first kappa shape index (κ1) is 13.1. The lowest BCUT2D eigenvalue weighted by Crippen LogP contribution is -2.26. The maximum Gasteiger partial charge on any atom is 0.418 e. The van der Waals surface area contributed by atoms with Crippen molar-refractivity contribution >= 4 is 23.2 Å². The van der Waals surface area contributed by atoms with E-state index >= 15 is 0 Å². The van der Waals surface area contributed by atoms with Crippen molar-refractivity contribution in [2.45, 2.75) is 26.4 Å². The second-order valence-electron chi connectivity index (χ2n) is 5.23. The van der Waals surface area contributed by atoms with Gasteiger partial charge in [0.1, 0.15) is 5.60 Å². The van der Waals surface area contributed by atoms with Crippen molar-refractivity contribution in [2.24, 2.45) is 5.16 Å². The Morgan fingerprint density at radius 2 is 2.11 bits per heavy atom. The minimum absolute atomic E-state index is 0.411. The van der Waals surface area contributed by atoms with E-state index in [9.17, 15) is 4.79 Å². The van der Waals surface area contributed by atoms with Gasteiger partial charge in [0.15, 0.2) is 0 Å². The molecular weight excluding hydrogens is 244 g/mol. The summed E-state index contributed by atoms with van der Waals surface area (Å²) in [5.41, 5.74) is 0.984. The van der Waals surface area contributed by atoms with Crippen LogP contribution in [0, 0.1) is 0 Å². The minimum atomic E-state index is -0.531. The zero-order chi connectivity index (χ0) is 14.0. The molecule has 0 aliphatic heterocycles. The molecule has 0 radical (unpaired) electrons. The molecule has 0 atom stereocenters. The number of carbonyl (C=O) groups is 1. The van der Waals surface area contributed by atoms with Crippen LogP contribution in [0.4, 0.5) is 4.79 Å². The Labute approximate surface area is 111 Å². The number of hydrogen-bond acceptors (Lipinski definition) is 4. The number of fused-ring (bicyclic) bond motifs is 1. The third-order valence-corrected chi connectivity index (χ3v) is 2.51. The first-order valence-corrected chi connectivity index (χ1v) is 5.92. The van der Waals surface area contributed by atoms with Gasteiger partial charge in [-0.15, -0.1) is 0 Å². The summed E-state index contributed by atoms with van der Waals surface area (Å²) < 4.78 is 6.78. The maximum atomic E-state index is 12.0. The molecule has 0 bridgehead atoms. The summed E-state index contributed by atoms with van der Waals surface area (Å²) >= 11 is 0. The Bertz CT molecular complexity index is 636. The molecule has 0 unspecified atom stereocenters. The molecule has 0 saturated carbocycles. The molecule has 0 fully saturated rings. The molecule has 0 amide bonds. The lowest BCUT2D eigenvalue weighted by Gasteiger charge is -2.19. The van der Waals surface area contributed by atoms with E-state index in [1.54, 1.807) is 18.3 Å². The Morgan fingerprint density at radius 1 is 1.37 bits per heavy atom. The molecule has 5 nitrogen and oxygen atoms in total. The van der Waals surface area contributed by atoms with E-state index in [0.717, 1.165) is 16.5 Å². The molecule has 1 N–H and O–H groups in total. The maximum absolute atomic E-state index is 12.0.